The Labute approximate surface area is 90.0 Å². The van der Waals surface area contributed by atoms with Gasteiger partial charge in [-0.25, -0.2) is 4.79 Å². The zero-order valence-electron chi connectivity index (χ0n) is 9.37. The van der Waals surface area contributed by atoms with Crippen LogP contribution in [0.15, 0.2) is 18.2 Å². The molecule has 15 heavy (non-hydrogen) atoms. The van der Waals surface area contributed by atoms with Crippen LogP contribution in [-0.4, -0.2) is 19.7 Å². The molecular weight excluding hydrogens is 192 g/mol. The number of ether oxygens (including phenoxy) is 2. The number of esters is 1. The molecule has 0 aliphatic carbocycles. The van der Waals surface area contributed by atoms with E-state index in [4.69, 9.17) is 9.47 Å². The third-order valence-electron chi connectivity index (χ3n) is 2.07. The molecule has 0 heterocycles. The van der Waals surface area contributed by atoms with Gasteiger partial charge in [-0.2, -0.15) is 0 Å². The van der Waals surface area contributed by atoms with Gasteiger partial charge >= 0.3 is 5.97 Å². The van der Waals surface area contributed by atoms with Gasteiger partial charge in [0.05, 0.1) is 19.3 Å². The van der Waals surface area contributed by atoms with E-state index in [2.05, 4.69) is 0 Å². The Morgan fingerprint density at radius 2 is 2.13 bits per heavy atom. The number of carbonyl (C=O) groups is 1. The number of carbonyl (C=O) groups excluding carboxylic acids is 1. The molecule has 0 fully saturated rings. The molecule has 0 spiro atoms. The quantitative estimate of drug-likeness (QED) is 0.713. The lowest BCUT2D eigenvalue weighted by Crippen LogP contribution is -2.06. The summed E-state index contributed by atoms with van der Waals surface area (Å²) in [7, 11) is 1.61. The summed E-state index contributed by atoms with van der Waals surface area (Å²) in [6.45, 7) is 4.33. The van der Waals surface area contributed by atoms with Crippen molar-refractivity contribution in [3.05, 3.63) is 29.3 Å². The van der Waals surface area contributed by atoms with Crippen molar-refractivity contribution < 1.29 is 14.3 Å². The largest absolute Gasteiger partial charge is 0.496 e. The first-order valence-electron chi connectivity index (χ1n) is 5.00. The van der Waals surface area contributed by atoms with Crippen LogP contribution in [0.1, 0.15) is 29.3 Å². The molecular formula is C12H16O3. The first-order valence-corrected chi connectivity index (χ1v) is 5.00. The summed E-state index contributed by atoms with van der Waals surface area (Å²) in [6, 6.07) is 5.26. The third kappa shape index (κ3) is 2.98. The average molecular weight is 208 g/mol. The molecule has 0 amide bonds. The Bertz CT molecular complexity index is 345. The van der Waals surface area contributed by atoms with E-state index in [0.717, 1.165) is 17.7 Å². The van der Waals surface area contributed by atoms with Crippen LogP contribution in [0.3, 0.4) is 0 Å². The van der Waals surface area contributed by atoms with Gasteiger partial charge in [0.2, 0.25) is 0 Å². The van der Waals surface area contributed by atoms with Gasteiger partial charge in [-0.05, 0) is 37.1 Å². The molecule has 0 radical (unpaired) electrons. The molecule has 82 valence electrons. The fraction of sp³-hybridized carbons (Fsp3) is 0.417. The number of methoxy groups -OCH3 is 1. The molecule has 0 aliphatic rings. The molecule has 1 aromatic carbocycles. The van der Waals surface area contributed by atoms with Gasteiger partial charge in [-0.15, -0.1) is 0 Å². The van der Waals surface area contributed by atoms with Crippen LogP contribution in [0.4, 0.5) is 0 Å². The normalized spacial score (nSPS) is 9.80. The zero-order valence-corrected chi connectivity index (χ0v) is 9.37. The minimum absolute atomic E-state index is 0.275. The van der Waals surface area contributed by atoms with Crippen LogP contribution in [0.25, 0.3) is 0 Å². The maximum atomic E-state index is 11.5. The van der Waals surface area contributed by atoms with E-state index in [-0.39, 0.29) is 5.97 Å². The van der Waals surface area contributed by atoms with Crippen molar-refractivity contribution in [1.82, 2.24) is 0 Å². The highest BCUT2D eigenvalue weighted by Crippen LogP contribution is 2.18. The molecule has 1 rings (SSSR count). The first kappa shape index (κ1) is 11.6. The van der Waals surface area contributed by atoms with Gasteiger partial charge in [0.25, 0.3) is 0 Å². The van der Waals surface area contributed by atoms with Crippen molar-refractivity contribution in [1.29, 1.82) is 0 Å². The van der Waals surface area contributed by atoms with Gasteiger partial charge < -0.3 is 9.47 Å². The van der Waals surface area contributed by atoms with E-state index in [1.54, 1.807) is 25.3 Å². The van der Waals surface area contributed by atoms with Gasteiger partial charge in [-0.1, -0.05) is 6.92 Å². The Morgan fingerprint density at radius 3 is 2.67 bits per heavy atom. The fourth-order valence-corrected chi connectivity index (χ4v) is 1.28. The monoisotopic (exact) mass is 208 g/mol. The Hall–Kier alpha value is -1.51. The lowest BCUT2D eigenvalue weighted by Gasteiger charge is -2.07. The summed E-state index contributed by atoms with van der Waals surface area (Å²) in [4.78, 5) is 11.5. The van der Waals surface area contributed by atoms with Crippen LogP contribution < -0.4 is 4.74 Å². The summed E-state index contributed by atoms with van der Waals surface area (Å²) in [6.07, 6.45) is 0.834. The van der Waals surface area contributed by atoms with E-state index in [9.17, 15) is 4.79 Å². The standard InChI is InChI=1S/C12H16O3/c1-4-7-15-12(13)10-5-6-11(14-3)9(2)8-10/h5-6,8H,4,7H2,1-3H3. The topological polar surface area (TPSA) is 35.5 Å². The highest BCUT2D eigenvalue weighted by molar-refractivity contribution is 5.89. The fourth-order valence-electron chi connectivity index (χ4n) is 1.28. The molecule has 0 atom stereocenters. The van der Waals surface area contributed by atoms with E-state index in [1.165, 1.54) is 0 Å². The van der Waals surface area contributed by atoms with Gasteiger partial charge in [0.15, 0.2) is 0 Å². The van der Waals surface area contributed by atoms with E-state index >= 15 is 0 Å². The molecule has 3 nitrogen and oxygen atoms in total. The maximum absolute atomic E-state index is 11.5. The predicted octanol–water partition coefficient (Wildman–Crippen LogP) is 2.57. The smallest absolute Gasteiger partial charge is 0.338 e. The molecule has 0 aromatic heterocycles. The minimum Gasteiger partial charge on any atom is -0.496 e. The lowest BCUT2D eigenvalue weighted by atomic mass is 10.1. The summed E-state index contributed by atoms with van der Waals surface area (Å²) in [5.41, 5.74) is 1.50. The minimum atomic E-state index is -0.275. The van der Waals surface area contributed by atoms with Gasteiger partial charge in [0, 0.05) is 0 Å². The van der Waals surface area contributed by atoms with Crippen molar-refractivity contribution in [2.45, 2.75) is 20.3 Å². The molecule has 0 saturated heterocycles. The van der Waals surface area contributed by atoms with Crippen molar-refractivity contribution in [2.24, 2.45) is 0 Å². The second-order valence-electron chi connectivity index (χ2n) is 3.32. The molecule has 0 bridgehead atoms. The highest BCUT2D eigenvalue weighted by atomic mass is 16.5. The van der Waals surface area contributed by atoms with Crippen LogP contribution >= 0.6 is 0 Å². The van der Waals surface area contributed by atoms with Gasteiger partial charge in [-0.3, -0.25) is 0 Å². The number of benzene rings is 1. The number of rotatable bonds is 4. The number of hydrogen-bond donors (Lipinski definition) is 0. The Kier molecular flexibility index (Phi) is 4.16. The number of hydrogen-bond acceptors (Lipinski definition) is 3. The SMILES string of the molecule is CCCOC(=O)c1ccc(OC)c(C)c1. The van der Waals surface area contributed by atoms with E-state index < -0.39 is 0 Å². The second kappa shape index (κ2) is 5.39. The molecule has 0 saturated carbocycles. The summed E-state index contributed by atoms with van der Waals surface area (Å²) < 4.78 is 10.1. The first-order chi connectivity index (χ1) is 7.19. The Balaban J connectivity index is 2.78. The third-order valence-corrected chi connectivity index (χ3v) is 2.07. The van der Waals surface area contributed by atoms with Gasteiger partial charge in [0.1, 0.15) is 5.75 Å². The second-order valence-corrected chi connectivity index (χ2v) is 3.32. The van der Waals surface area contributed by atoms with Crippen molar-refractivity contribution in [3.63, 3.8) is 0 Å². The molecule has 0 unspecified atom stereocenters. The summed E-state index contributed by atoms with van der Waals surface area (Å²) in [5.74, 6) is 0.504. The Morgan fingerprint density at radius 1 is 1.40 bits per heavy atom. The maximum Gasteiger partial charge on any atom is 0.338 e. The highest BCUT2D eigenvalue weighted by Gasteiger charge is 2.08. The zero-order chi connectivity index (χ0) is 11.3. The van der Waals surface area contributed by atoms with Crippen molar-refractivity contribution in [2.75, 3.05) is 13.7 Å². The van der Waals surface area contributed by atoms with Crippen molar-refractivity contribution >= 4 is 5.97 Å². The molecule has 0 aliphatic heterocycles. The average Bonchev–Trinajstić information content (AvgIpc) is 2.25. The van der Waals surface area contributed by atoms with E-state index in [0.29, 0.717) is 12.2 Å². The molecule has 3 heteroatoms. The van der Waals surface area contributed by atoms with E-state index in [1.807, 2.05) is 13.8 Å². The van der Waals surface area contributed by atoms with Crippen LogP contribution in [-0.2, 0) is 4.74 Å². The summed E-state index contributed by atoms with van der Waals surface area (Å²) in [5, 5.41) is 0. The number of aryl methyl sites for hydroxylation is 1. The van der Waals surface area contributed by atoms with Crippen LogP contribution in [0.2, 0.25) is 0 Å². The van der Waals surface area contributed by atoms with Crippen LogP contribution in [0.5, 0.6) is 5.75 Å². The lowest BCUT2D eigenvalue weighted by molar-refractivity contribution is 0.0505. The van der Waals surface area contributed by atoms with Crippen LogP contribution in [0, 0.1) is 6.92 Å². The molecule has 1 aromatic rings. The van der Waals surface area contributed by atoms with Crippen molar-refractivity contribution in [3.8, 4) is 5.75 Å². The summed E-state index contributed by atoms with van der Waals surface area (Å²) >= 11 is 0. The predicted molar refractivity (Wildman–Crippen MR) is 58.3 cm³/mol. The molecule has 0 N–H and O–H groups in total.